The first-order valence-corrected chi connectivity index (χ1v) is 7.48. The number of amides is 1. The first-order valence-electron chi connectivity index (χ1n) is 7.48. The van der Waals surface area contributed by atoms with Gasteiger partial charge in [0.05, 0.1) is 18.7 Å². The number of phenolic OH excluding ortho intramolecular Hbond substituents is 1. The molecule has 0 saturated carbocycles. The predicted molar refractivity (Wildman–Crippen MR) is 87.5 cm³/mol. The van der Waals surface area contributed by atoms with E-state index in [2.05, 4.69) is 5.32 Å². The van der Waals surface area contributed by atoms with E-state index in [9.17, 15) is 28.3 Å². The Morgan fingerprint density at radius 2 is 2.04 bits per heavy atom. The van der Waals surface area contributed by atoms with Gasteiger partial charge in [0, 0.05) is 5.69 Å². The van der Waals surface area contributed by atoms with Crippen LogP contribution in [0.1, 0.15) is 11.1 Å². The molecule has 5 nitrogen and oxygen atoms in total. The summed E-state index contributed by atoms with van der Waals surface area (Å²) in [7, 11) is 1.36. The lowest BCUT2D eigenvalue weighted by Crippen LogP contribution is -2.23. The number of hydrogen-bond acceptors (Lipinski definition) is 4. The fourth-order valence-corrected chi connectivity index (χ4v) is 2.28. The highest BCUT2D eigenvalue weighted by Crippen LogP contribution is 2.31. The van der Waals surface area contributed by atoms with Crippen molar-refractivity contribution in [3.05, 3.63) is 53.6 Å². The SMILES string of the molecule is COc1cc(C[C@H](C#N)C(=O)Nc2cccc(C(F)(F)F)c2)ccc1O. The van der Waals surface area contributed by atoms with Gasteiger partial charge in [0.2, 0.25) is 5.91 Å². The van der Waals surface area contributed by atoms with Gasteiger partial charge in [-0.2, -0.15) is 18.4 Å². The van der Waals surface area contributed by atoms with Crippen LogP contribution in [0.25, 0.3) is 0 Å². The predicted octanol–water partition coefficient (Wildman–Crippen LogP) is 3.74. The van der Waals surface area contributed by atoms with Gasteiger partial charge in [-0.05, 0) is 42.3 Å². The van der Waals surface area contributed by atoms with Crippen molar-refractivity contribution in [3.8, 4) is 17.6 Å². The molecule has 2 rings (SSSR count). The topological polar surface area (TPSA) is 82.3 Å². The van der Waals surface area contributed by atoms with E-state index in [1.807, 2.05) is 6.07 Å². The van der Waals surface area contributed by atoms with Gasteiger partial charge in [-0.25, -0.2) is 0 Å². The number of carbonyl (C=O) groups is 1. The van der Waals surface area contributed by atoms with E-state index >= 15 is 0 Å². The van der Waals surface area contributed by atoms with Crippen LogP contribution in [0.3, 0.4) is 0 Å². The maximum Gasteiger partial charge on any atom is 0.416 e. The number of phenols is 1. The van der Waals surface area contributed by atoms with Crippen LogP contribution in [0.4, 0.5) is 18.9 Å². The van der Waals surface area contributed by atoms with Crippen LogP contribution in [0.2, 0.25) is 0 Å². The minimum atomic E-state index is -4.53. The number of nitrogens with zero attached hydrogens (tertiary/aromatic N) is 1. The minimum Gasteiger partial charge on any atom is -0.504 e. The number of nitrogens with one attached hydrogen (secondary N) is 1. The molecule has 2 aromatic rings. The average molecular weight is 364 g/mol. The Hall–Kier alpha value is -3.21. The van der Waals surface area contributed by atoms with Crippen LogP contribution < -0.4 is 10.1 Å². The summed E-state index contributed by atoms with van der Waals surface area (Å²) < 4.78 is 43.1. The zero-order valence-electron chi connectivity index (χ0n) is 13.7. The van der Waals surface area contributed by atoms with Crippen LogP contribution in [0.15, 0.2) is 42.5 Å². The number of hydrogen-bond donors (Lipinski definition) is 2. The molecule has 2 aromatic carbocycles. The van der Waals surface area contributed by atoms with Crippen LogP contribution in [0.5, 0.6) is 11.5 Å². The van der Waals surface area contributed by atoms with E-state index < -0.39 is 23.6 Å². The number of halogens is 3. The van der Waals surface area contributed by atoms with E-state index in [1.54, 1.807) is 0 Å². The van der Waals surface area contributed by atoms with Crippen LogP contribution in [0, 0.1) is 17.2 Å². The summed E-state index contributed by atoms with van der Waals surface area (Å²) in [4.78, 5) is 12.2. The normalized spacial score (nSPS) is 12.1. The molecular weight excluding hydrogens is 349 g/mol. The minimum absolute atomic E-state index is 0.0118. The van der Waals surface area contributed by atoms with Crippen LogP contribution in [-0.4, -0.2) is 18.1 Å². The van der Waals surface area contributed by atoms with Gasteiger partial charge in [0.1, 0.15) is 5.92 Å². The molecule has 0 heterocycles. The Kier molecular flexibility index (Phi) is 5.72. The van der Waals surface area contributed by atoms with E-state index in [-0.39, 0.29) is 23.6 Å². The number of anilines is 1. The quantitative estimate of drug-likeness (QED) is 0.847. The second-order valence-electron chi connectivity index (χ2n) is 5.46. The maximum atomic E-state index is 12.7. The van der Waals surface area contributed by atoms with E-state index in [0.717, 1.165) is 12.1 Å². The highest BCUT2D eigenvalue weighted by Gasteiger charge is 2.30. The van der Waals surface area contributed by atoms with Crippen LogP contribution >= 0.6 is 0 Å². The summed E-state index contributed by atoms with van der Waals surface area (Å²) >= 11 is 0. The molecule has 0 aliphatic carbocycles. The first-order chi connectivity index (χ1) is 12.2. The highest BCUT2D eigenvalue weighted by molar-refractivity contribution is 5.94. The third-order valence-electron chi connectivity index (χ3n) is 3.61. The number of carbonyl (C=O) groups excluding carboxylic acids is 1. The summed E-state index contributed by atoms with van der Waals surface area (Å²) in [5.41, 5.74) is -0.383. The fraction of sp³-hybridized carbons (Fsp3) is 0.222. The summed E-state index contributed by atoms with van der Waals surface area (Å²) in [5.74, 6) is -1.74. The molecule has 0 aromatic heterocycles. The van der Waals surface area contributed by atoms with Crippen molar-refractivity contribution in [1.29, 1.82) is 5.26 Å². The Balaban J connectivity index is 2.13. The van der Waals surface area contributed by atoms with Crippen molar-refractivity contribution >= 4 is 11.6 Å². The zero-order chi connectivity index (χ0) is 19.3. The molecule has 0 saturated heterocycles. The lowest BCUT2D eigenvalue weighted by Gasteiger charge is -2.13. The molecule has 0 aliphatic heterocycles. The van der Waals surface area contributed by atoms with E-state index in [1.165, 1.54) is 37.4 Å². The van der Waals surface area contributed by atoms with E-state index in [0.29, 0.717) is 5.56 Å². The molecule has 2 N–H and O–H groups in total. The molecule has 0 fully saturated rings. The van der Waals surface area contributed by atoms with Gasteiger partial charge >= 0.3 is 6.18 Å². The number of alkyl halides is 3. The Bertz CT molecular complexity index is 844. The molecular formula is C18H15F3N2O3. The van der Waals surface area contributed by atoms with Gasteiger partial charge in [0.25, 0.3) is 0 Å². The summed E-state index contributed by atoms with van der Waals surface area (Å²) in [6.07, 6.45) is -4.52. The molecule has 0 bridgehead atoms. The van der Waals surface area contributed by atoms with E-state index in [4.69, 9.17) is 4.74 Å². The lowest BCUT2D eigenvalue weighted by molar-refractivity contribution is -0.137. The molecule has 1 amide bonds. The third kappa shape index (κ3) is 4.66. The van der Waals surface area contributed by atoms with Gasteiger partial charge in [0.15, 0.2) is 11.5 Å². The van der Waals surface area contributed by atoms with Crippen molar-refractivity contribution in [2.75, 3.05) is 12.4 Å². The molecule has 0 unspecified atom stereocenters. The summed E-state index contributed by atoms with van der Waals surface area (Å²) in [5, 5.41) is 21.1. The number of benzene rings is 2. The lowest BCUT2D eigenvalue weighted by atomic mass is 9.99. The maximum absolute atomic E-state index is 12.7. The van der Waals surface area contributed by atoms with Crippen molar-refractivity contribution < 1.29 is 27.8 Å². The Labute approximate surface area is 147 Å². The summed E-state index contributed by atoms with van der Waals surface area (Å²) in [6, 6.07) is 10.4. The smallest absolute Gasteiger partial charge is 0.416 e. The van der Waals surface area contributed by atoms with Crippen molar-refractivity contribution in [2.45, 2.75) is 12.6 Å². The standard InChI is InChI=1S/C18H15F3N2O3/c1-26-16-8-11(5-6-15(16)24)7-12(10-22)17(25)23-14-4-2-3-13(9-14)18(19,20)21/h2-6,8-9,12,24H,7H2,1H3,(H,23,25)/t12-/m1/s1. The Morgan fingerprint density at radius 3 is 2.65 bits per heavy atom. The third-order valence-corrected chi connectivity index (χ3v) is 3.61. The molecule has 1 atom stereocenters. The molecule has 0 spiro atoms. The average Bonchev–Trinajstić information content (AvgIpc) is 2.60. The molecule has 0 radical (unpaired) electrons. The first kappa shape index (κ1) is 19.1. The molecule has 8 heteroatoms. The number of methoxy groups -OCH3 is 1. The molecule has 26 heavy (non-hydrogen) atoms. The number of nitriles is 1. The van der Waals surface area contributed by atoms with Gasteiger partial charge in [-0.3, -0.25) is 4.79 Å². The monoisotopic (exact) mass is 364 g/mol. The van der Waals surface area contributed by atoms with Gasteiger partial charge < -0.3 is 15.2 Å². The number of rotatable bonds is 5. The zero-order valence-corrected chi connectivity index (χ0v) is 13.7. The van der Waals surface area contributed by atoms with Crippen molar-refractivity contribution in [2.24, 2.45) is 5.92 Å². The van der Waals surface area contributed by atoms with Crippen LogP contribution in [-0.2, 0) is 17.4 Å². The van der Waals surface area contributed by atoms with Crippen molar-refractivity contribution in [1.82, 2.24) is 0 Å². The number of aromatic hydroxyl groups is 1. The largest absolute Gasteiger partial charge is 0.504 e. The molecule has 0 aliphatic rings. The fourth-order valence-electron chi connectivity index (χ4n) is 2.28. The molecule has 136 valence electrons. The van der Waals surface area contributed by atoms with Gasteiger partial charge in [-0.15, -0.1) is 0 Å². The second-order valence-corrected chi connectivity index (χ2v) is 5.46. The second kappa shape index (κ2) is 7.78. The highest BCUT2D eigenvalue weighted by atomic mass is 19.4. The van der Waals surface area contributed by atoms with Crippen molar-refractivity contribution in [3.63, 3.8) is 0 Å². The Morgan fingerprint density at radius 1 is 1.31 bits per heavy atom. The van der Waals surface area contributed by atoms with Gasteiger partial charge in [-0.1, -0.05) is 12.1 Å². The summed E-state index contributed by atoms with van der Waals surface area (Å²) in [6.45, 7) is 0. The number of ether oxygens (including phenoxy) is 1.